The van der Waals surface area contributed by atoms with E-state index in [4.69, 9.17) is 0 Å². The molecule has 0 aromatic heterocycles. The number of likely N-dealkylation sites (tertiary alicyclic amines) is 1. The van der Waals surface area contributed by atoms with Gasteiger partial charge in [0.1, 0.15) is 0 Å². The van der Waals surface area contributed by atoms with Crippen molar-refractivity contribution in [3.05, 3.63) is 0 Å². The molecule has 0 radical (unpaired) electrons. The van der Waals surface area contributed by atoms with E-state index in [2.05, 4.69) is 39.5 Å². The van der Waals surface area contributed by atoms with Crippen LogP contribution in [0.5, 0.6) is 0 Å². The molecule has 0 spiro atoms. The predicted octanol–water partition coefficient (Wildman–Crippen LogP) is 1.83. The van der Waals surface area contributed by atoms with Crippen molar-refractivity contribution in [2.75, 3.05) is 20.1 Å². The highest BCUT2D eigenvalue weighted by molar-refractivity contribution is 5.80. The van der Waals surface area contributed by atoms with Crippen molar-refractivity contribution in [3.8, 4) is 0 Å². The molecule has 3 heteroatoms. The Labute approximate surface area is 99.8 Å². The van der Waals surface area contributed by atoms with Crippen LogP contribution in [0.1, 0.15) is 34.6 Å². The summed E-state index contributed by atoms with van der Waals surface area (Å²) in [7, 11) is 1.90. The van der Waals surface area contributed by atoms with Gasteiger partial charge in [-0.25, -0.2) is 0 Å². The fourth-order valence-electron chi connectivity index (χ4n) is 1.97. The number of rotatable bonds is 4. The minimum absolute atomic E-state index is 0.230. The van der Waals surface area contributed by atoms with Gasteiger partial charge in [-0.3, -0.25) is 9.69 Å². The summed E-state index contributed by atoms with van der Waals surface area (Å²) in [6, 6.07) is 0.900. The second-order valence-electron chi connectivity index (χ2n) is 5.68. The molecule has 94 valence electrons. The van der Waals surface area contributed by atoms with E-state index in [0.717, 1.165) is 13.1 Å². The molecule has 1 fully saturated rings. The van der Waals surface area contributed by atoms with Crippen molar-refractivity contribution < 1.29 is 4.79 Å². The molecular formula is C13H26N2O. The lowest BCUT2D eigenvalue weighted by Gasteiger charge is -2.45. The van der Waals surface area contributed by atoms with Crippen LogP contribution in [0.3, 0.4) is 0 Å². The topological polar surface area (TPSA) is 23.6 Å². The lowest BCUT2D eigenvalue weighted by atomic mass is 9.92. The van der Waals surface area contributed by atoms with Crippen LogP contribution in [-0.4, -0.2) is 47.9 Å². The standard InChI is InChI=1S/C13H26N2O/c1-9(2)11(5)15-7-12(8-15)13(16)14(6)10(3)4/h9-12H,7-8H2,1-6H3. The Morgan fingerprint density at radius 3 is 2.06 bits per heavy atom. The molecule has 16 heavy (non-hydrogen) atoms. The van der Waals surface area contributed by atoms with Gasteiger partial charge in [0.25, 0.3) is 0 Å². The van der Waals surface area contributed by atoms with Gasteiger partial charge in [0.05, 0.1) is 5.92 Å². The van der Waals surface area contributed by atoms with Gasteiger partial charge in [0.15, 0.2) is 0 Å². The summed E-state index contributed by atoms with van der Waals surface area (Å²) in [5.41, 5.74) is 0. The Morgan fingerprint density at radius 2 is 1.69 bits per heavy atom. The number of nitrogens with zero attached hydrogens (tertiary/aromatic N) is 2. The second-order valence-corrected chi connectivity index (χ2v) is 5.68. The van der Waals surface area contributed by atoms with Crippen molar-refractivity contribution >= 4 is 5.91 Å². The van der Waals surface area contributed by atoms with Crippen LogP contribution in [0.4, 0.5) is 0 Å². The molecule has 0 aliphatic carbocycles. The molecule has 1 aliphatic rings. The third-order valence-corrected chi connectivity index (χ3v) is 3.92. The van der Waals surface area contributed by atoms with Gasteiger partial charge in [0, 0.05) is 32.2 Å². The van der Waals surface area contributed by atoms with Crippen LogP contribution < -0.4 is 0 Å². The van der Waals surface area contributed by atoms with E-state index in [-0.39, 0.29) is 5.92 Å². The first-order valence-corrected chi connectivity index (χ1v) is 6.35. The summed E-state index contributed by atoms with van der Waals surface area (Å²) in [6.45, 7) is 12.7. The Bertz CT molecular complexity index is 244. The van der Waals surface area contributed by atoms with Crippen LogP contribution in [0.2, 0.25) is 0 Å². The average Bonchev–Trinajstić information content (AvgIpc) is 2.13. The Hall–Kier alpha value is -0.570. The summed E-state index contributed by atoms with van der Waals surface area (Å²) in [5.74, 6) is 1.20. The summed E-state index contributed by atoms with van der Waals surface area (Å²) in [6.07, 6.45) is 0. The molecular weight excluding hydrogens is 200 g/mol. The zero-order valence-electron chi connectivity index (χ0n) is 11.5. The van der Waals surface area contributed by atoms with Crippen LogP contribution in [0, 0.1) is 11.8 Å². The molecule has 1 saturated heterocycles. The third-order valence-electron chi connectivity index (χ3n) is 3.92. The summed E-state index contributed by atoms with van der Waals surface area (Å²) < 4.78 is 0. The van der Waals surface area contributed by atoms with Gasteiger partial charge in [-0.05, 0) is 26.7 Å². The first kappa shape index (κ1) is 13.5. The number of carbonyl (C=O) groups excluding carboxylic acids is 1. The minimum atomic E-state index is 0.230. The Kier molecular flexibility index (Phi) is 4.36. The lowest BCUT2D eigenvalue weighted by molar-refractivity contribution is -0.142. The molecule has 1 atom stereocenters. The second kappa shape index (κ2) is 5.17. The zero-order valence-corrected chi connectivity index (χ0v) is 11.5. The monoisotopic (exact) mass is 226 g/mol. The number of carbonyl (C=O) groups is 1. The van der Waals surface area contributed by atoms with Crippen molar-refractivity contribution in [2.24, 2.45) is 11.8 Å². The summed E-state index contributed by atoms with van der Waals surface area (Å²) in [4.78, 5) is 16.3. The van der Waals surface area contributed by atoms with Gasteiger partial charge < -0.3 is 4.90 Å². The molecule has 1 heterocycles. The molecule has 1 amide bonds. The Balaban J connectivity index is 2.38. The number of amides is 1. The molecule has 0 bridgehead atoms. The van der Waals surface area contributed by atoms with Crippen molar-refractivity contribution in [1.29, 1.82) is 0 Å². The molecule has 0 N–H and O–H groups in total. The fraction of sp³-hybridized carbons (Fsp3) is 0.923. The highest BCUT2D eigenvalue weighted by atomic mass is 16.2. The summed E-state index contributed by atoms with van der Waals surface area (Å²) in [5, 5.41) is 0. The summed E-state index contributed by atoms with van der Waals surface area (Å²) >= 11 is 0. The number of hydrogen-bond acceptors (Lipinski definition) is 2. The molecule has 0 aromatic rings. The van der Waals surface area contributed by atoms with Crippen molar-refractivity contribution in [1.82, 2.24) is 9.80 Å². The third kappa shape index (κ3) is 2.76. The maximum Gasteiger partial charge on any atom is 0.228 e. The lowest BCUT2D eigenvalue weighted by Crippen LogP contribution is -2.58. The van der Waals surface area contributed by atoms with Crippen molar-refractivity contribution in [3.63, 3.8) is 0 Å². The van der Waals surface area contributed by atoms with E-state index >= 15 is 0 Å². The smallest absolute Gasteiger partial charge is 0.228 e. The van der Waals surface area contributed by atoms with E-state index in [1.165, 1.54) is 0 Å². The SMILES string of the molecule is CC(C)C(C)N1CC(C(=O)N(C)C(C)C)C1. The van der Waals surface area contributed by atoms with Crippen LogP contribution >= 0.6 is 0 Å². The predicted molar refractivity (Wildman–Crippen MR) is 67.3 cm³/mol. The normalized spacial score (nSPS) is 20.0. The van der Waals surface area contributed by atoms with Gasteiger partial charge >= 0.3 is 0 Å². The molecule has 3 nitrogen and oxygen atoms in total. The van der Waals surface area contributed by atoms with E-state index in [1.807, 2.05) is 11.9 Å². The van der Waals surface area contributed by atoms with Crippen LogP contribution in [0.15, 0.2) is 0 Å². The van der Waals surface area contributed by atoms with E-state index in [1.54, 1.807) is 0 Å². The van der Waals surface area contributed by atoms with E-state index < -0.39 is 0 Å². The Morgan fingerprint density at radius 1 is 1.19 bits per heavy atom. The maximum atomic E-state index is 12.0. The minimum Gasteiger partial charge on any atom is -0.343 e. The molecule has 1 unspecified atom stereocenters. The van der Waals surface area contributed by atoms with E-state index in [9.17, 15) is 4.79 Å². The molecule has 0 aromatic carbocycles. The van der Waals surface area contributed by atoms with Gasteiger partial charge in [-0.15, -0.1) is 0 Å². The largest absolute Gasteiger partial charge is 0.343 e. The fourth-order valence-corrected chi connectivity index (χ4v) is 1.97. The molecule has 1 rings (SSSR count). The molecule has 0 saturated carbocycles. The van der Waals surface area contributed by atoms with Crippen LogP contribution in [-0.2, 0) is 4.79 Å². The molecule has 1 aliphatic heterocycles. The van der Waals surface area contributed by atoms with Gasteiger partial charge in [-0.1, -0.05) is 13.8 Å². The highest BCUT2D eigenvalue weighted by Crippen LogP contribution is 2.24. The number of hydrogen-bond donors (Lipinski definition) is 0. The quantitative estimate of drug-likeness (QED) is 0.730. The highest BCUT2D eigenvalue weighted by Gasteiger charge is 2.37. The first-order valence-electron chi connectivity index (χ1n) is 6.35. The van der Waals surface area contributed by atoms with Gasteiger partial charge in [0.2, 0.25) is 5.91 Å². The zero-order chi connectivity index (χ0) is 12.5. The van der Waals surface area contributed by atoms with Crippen molar-refractivity contribution in [2.45, 2.75) is 46.7 Å². The average molecular weight is 226 g/mol. The van der Waals surface area contributed by atoms with Gasteiger partial charge in [-0.2, -0.15) is 0 Å². The first-order chi connectivity index (χ1) is 7.34. The van der Waals surface area contributed by atoms with Crippen LogP contribution in [0.25, 0.3) is 0 Å². The maximum absolute atomic E-state index is 12.0. The van der Waals surface area contributed by atoms with E-state index in [0.29, 0.717) is 23.9 Å².